The number of carbonyl (C=O) groups is 1. The fourth-order valence-corrected chi connectivity index (χ4v) is 4.13. The van der Waals surface area contributed by atoms with E-state index in [0.717, 1.165) is 5.56 Å². The molecule has 2 atom stereocenters. The number of nitrogens with one attached hydrogen (secondary N) is 1. The largest absolute Gasteiger partial charge is 0.319 e. The normalized spacial score (nSPS) is 19.4. The fraction of sp³-hybridized carbons (Fsp3) is 0.150. The van der Waals surface area contributed by atoms with Gasteiger partial charge in [-0.3, -0.25) is 4.79 Å². The molecular weight excluding hydrogens is 366 g/mol. The summed E-state index contributed by atoms with van der Waals surface area (Å²) in [6.07, 6.45) is 0. The summed E-state index contributed by atoms with van der Waals surface area (Å²) in [6, 6.07) is 21.0. The first kappa shape index (κ1) is 18.1. The molecule has 0 aromatic heterocycles. The number of hydrogen-bond donors (Lipinski definition) is 1. The van der Waals surface area contributed by atoms with Gasteiger partial charge in [0.15, 0.2) is 0 Å². The first-order valence-electron chi connectivity index (χ1n) is 7.91. The van der Waals surface area contributed by atoms with E-state index >= 15 is 0 Å². The van der Waals surface area contributed by atoms with E-state index in [9.17, 15) is 15.3 Å². The van der Waals surface area contributed by atoms with Gasteiger partial charge in [-0.05, 0) is 17.2 Å². The van der Waals surface area contributed by atoms with Crippen LogP contribution in [0, 0.1) is 28.6 Å². The van der Waals surface area contributed by atoms with Crippen molar-refractivity contribution in [2.45, 2.75) is 11.7 Å². The molecule has 2 aromatic carbocycles. The van der Waals surface area contributed by atoms with Crippen molar-refractivity contribution in [2.24, 2.45) is 5.92 Å². The molecule has 1 heterocycles. The zero-order valence-electron chi connectivity index (χ0n) is 13.6. The van der Waals surface area contributed by atoms with E-state index in [4.69, 9.17) is 11.6 Å². The summed E-state index contributed by atoms with van der Waals surface area (Å²) < 4.78 is 0. The molecule has 3 rings (SSSR count). The molecule has 4 nitrogen and oxygen atoms in total. The highest BCUT2D eigenvalue weighted by atomic mass is 35.5. The quantitative estimate of drug-likeness (QED) is 0.856. The molecule has 1 aliphatic heterocycles. The van der Waals surface area contributed by atoms with Crippen LogP contribution in [0.5, 0.6) is 0 Å². The lowest BCUT2D eigenvalue weighted by Gasteiger charge is -2.29. The Morgan fingerprint density at radius 3 is 2.42 bits per heavy atom. The van der Waals surface area contributed by atoms with Crippen LogP contribution in [-0.2, 0) is 10.5 Å². The molecule has 1 amide bonds. The molecule has 0 fully saturated rings. The highest BCUT2D eigenvalue weighted by Gasteiger charge is 2.40. The van der Waals surface area contributed by atoms with E-state index in [2.05, 4.69) is 11.4 Å². The van der Waals surface area contributed by atoms with Crippen molar-refractivity contribution in [1.82, 2.24) is 5.32 Å². The molecule has 2 aromatic rings. The third kappa shape index (κ3) is 3.60. The number of rotatable bonds is 4. The Labute approximate surface area is 161 Å². The van der Waals surface area contributed by atoms with Gasteiger partial charge in [-0.2, -0.15) is 10.5 Å². The third-order valence-electron chi connectivity index (χ3n) is 4.13. The van der Waals surface area contributed by atoms with Crippen molar-refractivity contribution < 1.29 is 4.79 Å². The summed E-state index contributed by atoms with van der Waals surface area (Å²) in [5.41, 5.74) is 2.06. The van der Waals surface area contributed by atoms with Crippen LogP contribution in [0.4, 0.5) is 0 Å². The van der Waals surface area contributed by atoms with Crippen LogP contribution in [0.15, 0.2) is 65.2 Å². The highest BCUT2D eigenvalue weighted by Crippen LogP contribution is 2.42. The second-order valence-electron chi connectivity index (χ2n) is 5.72. The van der Waals surface area contributed by atoms with Gasteiger partial charge in [0.25, 0.3) is 0 Å². The Hall–Kier alpha value is -2.73. The summed E-state index contributed by atoms with van der Waals surface area (Å²) in [7, 11) is 0. The number of halogens is 1. The van der Waals surface area contributed by atoms with Crippen LogP contribution < -0.4 is 5.32 Å². The first-order chi connectivity index (χ1) is 12.7. The van der Waals surface area contributed by atoms with Crippen LogP contribution in [0.1, 0.15) is 17.0 Å². The molecule has 1 N–H and O–H groups in total. The topological polar surface area (TPSA) is 76.7 Å². The van der Waals surface area contributed by atoms with E-state index in [1.54, 1.807) is 24.3 Å². The Balaban J connectivity index is 2.01. The number of hydrogen-bond acceptors (Lipinski definition) is 4. The molecule has 26 heavy (non-hydrogen) atoms. The number of nitriles is 2. The molecule has 1 aliphatic rings. The molecule has 0 saturated carbocycles. The molecule has 0 aliphatic carbocycles. The summed E-state index contributed by atoms with van der Waals surface area (Å²) in [6.45, 7) is 0. The smallest absolute Gasteiger partial charge is 0.243 e. The van der Waals surface area contributed by atoms with Crippen LogP contribution >= 0.6 is 23.4 Å². The van der Waals surface area contributed by atoms with E-state index in [1.807, 2.05) is 36.4 Å². The van der Waals surface area contributed by atoms with Crippen molar-refractivity contribution in [3.63, 3.8) is 0 Å². The van der Waals surface area contributed by atoms with Crippen molar-refractivity contribution >= 4 is 29.3 Å². The number of thioether (sulfide) groups is 1. The van der Waals surface area contributed by atoms with Crippen molar-refractivity contribution in [1.29, 1.82) is 10.5 Å². The number of nitrogens with zero attached hydrogens (tertiary/aromatic N) is 2. The summed E-state index contributed by atoms with van der Waals surface area (Å²) in [4.78, 5) is 12.5. The minimum atomic E-state index is -0.995. The minimum Gasteiger partial charge on any atom is -0.319 e. The van der Waals surface area contributed by atoms with Crippen molar-refractivity contribution in [3.05, 3.63) is 81.3 Å². The van der Waals surface area contributed by atoms with Crippen LogP contribution in [-0.4, -0.2) is 5.91 Å². The molecule has 0 saturated heterocycles. The Bertz CT molecular complexity index is 944. The van der Waals surface area contributed by atoms with Crippen LogP contribution in [0.2, 0.25) is 5.02 Å². The van der Waals surface area contributed by atoms with Gasteiger partial charge in [-0.25, -0.2) is 0 Å². The van der Waals surface area contributed by atoms with E-state index in [0.29, 0.717) is 26.9 Å². The van der Waals surface area contributed by atoms with Gasteiger partial charge in [0.05, 0.1) is 22.7 Å². The summed E-state index contributed by atoms with van der Waals surface area (Å²) in [5.74, 6) is -1.47. The van der Waals surface area contributed by atoms with E-state index in [1.165, 1.54) is 11.8 Å². The Morgan fingerprint density at radius 1 is 1.08 bits per heavy atom. The monoisotopic (exact) mass is 379 g/mol. The lowest BCUT2D eigenvalue weighted by atomic mass is 9.79. The molecule has 128 valence electrons. The predicted molar refractivity (Wildman–Crippen MR) is 102 cm³/mol. The predicted octanol–water partition coefficient (Wildman–Crippen LogP) is 4.36. The van der Waals surface area contributed by atoms with Gasteiger partial charge in [-0.1, -0.05) is 60.1 Å². The fourth-order valence-electron chi connectivity index (χ4n) is 2.88. The lowest BCUT2D eigenvalue weighted by Crippen LogP contribution is -2.38. The highest BCUT2D eigenvalue weighted by molar-refractivity contribution is 8.02. The molecule has 0 unspecified atom stereocenters. The Kier molecular flexibility index (Phi) is 5.63. The summed E-state index contributed by atoms with van der Waals surface area (Å²) in [5, 5.41) is 22.9. The molecule has 0 spiro atoms. The maximum Gasteiger partial charge on any atom is 0.243 e. The van der Waals surface area contributed by atoms with Gasteiger partial charge in [-0.15, -0.1) is 11.8 Å². The zero-order chi connectivity index (χ0) is 18.5. The maximum absolute atomic E-state index is 12.5. The van der Waals surface area contributed by atoms with Gasteiger partial charge in [0.1, 0.15) is 5.92 Å². The van der Waals surface area contributed by atoms with Gasteiger partial charge in [0.2, 0.25) is 5.91 Å². The second-order valence-corrected chi connectivity index (χ2v) is 7.12. The van der Waals surface area contributed by atoms with Gasteiger partial charge in [0, 0.05) is 16.7 Å². The summed E-state index contributed by atoms with van der Waals surface area (Å²) >= 11 is 7.67. The number of benzene rings is 2. The molecular formula is C20H14ClN3OS. The first-order valence-corrected chi connectivity index (χ1v) is 9.28. The Morgan fingerprint density at radius 2 is 1.77 bits per heavy atom. The minimum absolute atomic E-state index is 0.366. The van der Waals surface area contributed by atoms with E-state index in [-0.39, 0.29) is 0 Å². The number of carbonyl (C=O) groups excluding carboxylic acids is 1. The van der Waals surface area contributed by atoms with E-state index < -0.39 is 17.7 Å². The molecule has 6 heteroatoms. The number of amides is 1. The SMILES string of the molecule is N#CC1=C(SCc2ccccc2)NC(=O)[C@@H](C#N)[C@H]1c1ccccc1Cl. The van der Waals surface area contributed by atoms with Crippen LogP contribution in [0.3, 0.4) is 0 Å². The third-order valence-corrected chi connectivity index (χ3v) is 5.57. The standard InChI is InChI=1S/C20H14ClN3OS/c21-17-9-5-4-8-14(17)18-15(10-22)19(25)24-20(16(18)11-23)26-12-13-6-2-1-3-7-13/h1-9,15,18H,12H2,(H,24,25)/t15-,18+/m0/s1. The molecule has 0 radical (unpaired) electrons. The second kappa shape index (κ2) is 8.10. The van der Waals surface area contributed by atoms with Gasteiger partial charge < -0.3 is 5.32 Å². The van der Waals surface area contributed by atoms with Crippen molar-refractivity contribution in [3.8, 4) is 12.1 Å². The maximum atomic E-state index is 12.5. The van der Waals surface area contributed by atoms with Gasteiger partial charge >= 0.3 is 0 Å². The van der Waals surface area contributed by atoms with Crippen molar-refractivity contribution in [2.75, 3.05) is 0 Å². The lowest BCUT2D eigenvalue weighted by molar-refractivity contribution is -0.123. The molecule has 0 bridgehead atoms. The van der Waals surface area contributed by atoms with Crippen LogP contribution in [0.25, 0.3) is 0 Å². The number of allylic oxidation sites excluding steroid dienone is 1. The average Bonchev–Trinajstić information content (AvgIpc) is 2.67. The average molecular weight is 380 g/mol. The zero-order valence-corrected chi connectivity index (χ0v) is 15.2.